The lowest BCUT2D eigenvalue weighted by Gasteiger charge is -2.10. The molecule has 1 saturated heterocycles. The number of nitrogens with one attached hydrogen (secondary N) is 1. The van der Waals surface area contributed by atoms with E-state index < -0.39 is 9.84 Å². The van der Waals surface area contributed by atoms with E-state index in [1.807, 2.05) is 13.8 Å². The standard InChI is InChI=1S/C15H17Cl2N5O2S/c1-9-13(7-19-20-15-14(17)5-11(16)6-18-15)10(2)22(21-9)12-3-4-25(23,24)8-12/h5-7,12H,3-4,8H2,1-2H3,(H,18,20)/b19-7-/t12-/m0/s1. The first-order valence-corrected chi connectivity index (χ1v) is 10.2. The Hall–Kier alpha value is -1.64. The minimum Gasteiger partial charge on any atom is -0.265 e. The van der Waals surface area contributed by atoms with Crippen molar-refractivity contribution in [1.29, 1.82) is 0 Å². The molecule has 134 valence electrons. The minimum atomic E-state index is -2.97. The van der Waals surface area contributed by atoms with Gasteiger partial charge in [-0.3, -0.25) is 10.1 Å². The first-order valence-electron chi connectivity index (χ1n) is 7.63. The Balaban J connectivity index is 1.79. The van der Waals surface area contributed by atoms with Crippen LogP contribution in [0.2, 0.25) is 10.0 Å². The molecule has 1 atom stereocenters. The van der Waals surface area contributed by atoms with Gasteiger partial charge in [0.25, 0.3) is 0 Å². The van der Waals surface area contributed by atoms with Gasteiger partial charge in [0.05, 0.1) is 39.5 Å². The molecule has 3 heterocycles. The van der Waals surface area contributed by atoms with E-state index in [1.54, 1.807) is 17.0 Å². The van der Waals surface area contributed by atoms with Gasteiger partial charge in [-0.05, 0) is 26.3 Å². The molecular formula is C15H17Cl2N5O2S. The number of pyridine rings is 1. The maximum Gasteiger partial charge on any atom is 0.165 e. The number of aromatic nitrogens is 3. The summed E-state index contributed by atoms with van der Waals surface area (Å²) in [5.41, 5.74) is 5.26. The average Bonchev–Trinajstić information content (AvgIpc) is 3.02. The molecule has 1 aliphatic heterocycles. The van der Waals surface area contributed by atoms with Gasteiger partial charge in [-0.2, -0.15) is 10.2 Å². The van der Waals surface area contributed by atoms with Crippen LogP contribution in [0.1, 0.15) is 29.4 Å². The molecule has 0 amide bonds. The van der Waals surface area contributed by atoms with Gasteiger partial charge in [-0.1, -0.05) is 23.2 Å². The number of nitrogens with zero attached hydrogens (tertiary/aromatic N) is 4. The maximum atomic E-state index is 11.7. The predicted octanol–water partition coefficient (Wildman–Crippen LogP) is 3.01. The first-order chi connectivity index (χ1) is 11.8. The fourth-order valence-corrected chi connectivity index (χ4v) is 4.96. The monoisotopic (exact) mass is 401 g/mol. The molecule has 0 unspecified atom stereocenters. The molecule has 0 bridgehead atoms. The summed E-state index contributed by atoms with van der Waals surface area (Å²) in [5, 5.41) is 9.45. The van der Waals surface area contributed by atoms with Crippen LogP contribution in [0.25, 0.3) is 0 Å². The van der Waals surface area contributed by atoms with Crippen molar-refractivity contribution in [2.75, 3.05) is 16.9 Å². The summed E-state index contributed by atoms with van der Waals surface area (Å²) < 4.78 is 25.2. The van der Waals surface area contributed by atoms with Gasteiger partial charge < -0.3 is 0 Å². The number of aryl methyl sites for hydroxylation is 1. The predicted molar refractivity (Wildman–Crippen MR) is 99.5 cm³/mol. The number of rotatable bonds is 4. The average molecular weight is 402 g/mol. The maximum absolute atomic E-state index is 11.7. The summed E-state index contributed by atoms with van der Waals surface area (Å²) in [6.07, 6.45) is 3.69. The van der Waals surface area contributed by atoms with Gasteiger partial charge in [-0.15, -0.1) is 0 Å². The van der Waals surface area contributed by atoms with Gasteiger partial charge in [-0.25, -0.2) is 13.4 Å². The molecule has 2 aromatic heterocycles. The van der Waals surface area contributed by atoms with Crippen molar-refractivity contribution in [3.63, 3.8) is 0 Å². The number of hydrazone groups is 1. The Bertz CT molecular complexity index is 940. The van der Waals surface area contributed by atoms with E-state index in [4.69, 9.17) is 23.2 Å². The second-order valence-electron chi connectivity index (χ2n) is 5.94. The minimum absolute atomic E-state index is 0.119. The lowest BCUT2D eigenvalue weighted by Crippen LogP contribution is -2.14. The highest BCUT2D eigenvalue weighted by atomic mass is 35.5. The summed E-state index contributed by atoms with van der Waals surface area (Å²) in [4.78, 5) is 4.06. The van der Waals surface area contributed by atoms with Crippen LogP contribution >= 0.6 is 23.2 Å². The quantitative estimate of drug-likeness (QED) is 0.627. The first kappa shape index (κ1) is 18.2. The van der Waals surface area contributed by atoms with Crippen molar-refractivity contribution in [3.05, 3.63) is 39.3 Å². The number of hydrogen-bond donors (Lipinski definition) is 1. The Labute approximate surface area is 156 Å². The molecular weight excluding hydrogens is 385 g/mol. The van der Waals surface area contributed by atoms with Gasteiger partial charge in [0.15, 0.2) is 15.7 Å². The molecule has 0 aliphatic carbocycles. The fraction of sp³-hybridized carbons (Fsp3) is 0.400. The molecule has 1 fully saturated rings. The molecule has 3 rings (SSSR count). The molecule has 1 aliphatic rings. The van der Waals surface area contributed by atoms with E-state index in [0.29, 0.717) is 22.3 Å². The van der Waals surface area contributed by atoms with E-state index in [9.17, 15) is 8.42 Å². The van der Waals surface area contributed by atoms with Crippen LogP contribution in [0.4, 0.5) is 5.82 Å². The van der Waals surface area contributed by atoms with Gasteiger partial charge in [0.2, 0.25) is 0 Å². The third-order valence-electron chi connectivity index (χ3n) is 4.11. The van der Waals surface area contributed by atoms with Gasteiger partial charge >= 0.3 is 0 Å². The van der Waals surface area contributed by atoms with Crippen LogP contribution in [0.15, 0.2) is 17.4 Å². The molecule has 2 aromatic rings. The topological polar surface area (TPSA) is 89.2 Å². The molecule has 0 saturated carbocycles. The van der Waals surface area contributed by atoms with Crippen molar-refractivity contribution in [1.82, 2.24) is 14.8 Å². The molecule has 0 radical (unpaired) electrons. The molecule has 10 heteroatoms. The summed E-state index contributed by atoms with van der Waals surface area (Å²) in [6, 6.07) is 1.45. The summed E-state index contributed by atoms with van der Waals surface area (Å²) in [6.45, 7) is 3.77. The van der Waals surface area contributed by atoms with Crippen molar-refractivity contribution in [3.8, 4) is 0 Å². The van der Waals surface area contributed by atoms with E-state index in [-0.39, 0.29) is 17.5 Å². The third kappa shape index (κ3) is 3.96. The van der Waals surface area contributed by atoms with Crippen LogP contribution in [0.3, 0.4) is 0 Å². The lowest BCUT2D eigenvalue weighted by molar-refractivity contribution is 0.486. The van der Waals surface area contributed by atoms with Crippen LogP contribution in [0.5, 0.6) is 0 Å². The largest absolute Gasteiger partial charge is 0.265 e. The van der Waals surface area contributed by atoms with Crippen molar-refractivity contribution in [2.24, 2.45) is 5.10 Å². The highest BCUT2D eigenvalue weighted by molar-refractivity contribution is 7.91. The van der Waals surface area contributed by atoms with Crippen molar-refractivity contribution >= 4 is 45.1 Å². The zero-order valence-corrected chi connectivity index (χ0v) is 16.0. The lowest BCUT2D eigenvalue weighted by atomic mass is 10.2. The van der Waals surface area contributed by atoms with Gasteiger partial charge in [0.1, 0.15) is 0 Å². The van der Waals surface area contributed by atoms with Crippen LogP contribution in [0, 0.1) is 13.8 Å². The number of halogens is 2. The molecule has 25 heavy (non-hydrogen) atoms. The number of sulfone groups is 1. The van der Waals surface area contributed by atoms with E-state index >= 15 is 0 Å². The smallest absolute Gasteiger partial charge is 0.165 e. The number of hydrogen-bond acceptors (Lipinski definition) is 6. The Morgan fingerprint density at radius 3 is 2.80 bits per heavy atom. The van der Waals surface area contributed by atoms with Gasteiger partial charge in [0, 0.05) is 17.5 Å². The van der Waals surface area contributed by atoms with Crippen molar-refractivity contribution < 1.29 is 8.42 Å². The van der Waals surface area contributed by atoms with E-state index in [2.05, 4.69) is 20.6 Å². The highest BCUT2D eigenvalue weighted by Crippen LogP contribution is 2.26. The van der Waals surface area contributed by atoms with E-state index in [0.717, 1.165) is 17.0 Å². The van der Waals surface area contributed by atoms with Crippen LogP contribution < -0.4 is 5.43 Å². The normalized spacial score (nSPS) is 19.6. The Kier molecular flexibility index (Phi) is 5.04. The zero-order valence-electron chi connectivity index (χ0n) is 13.7. The molecule has 0 spiro atoms. The SMILES string of the molecule is Cc1nn([C@H]2CCS(=O)(=O)C2)c(C)c1/C=N\Nc1ncc(Cl)cc1Cl. The number of anilines is 1. The third-order valence-corrected chi connectivity index (χ3v) is 6.35. The fourth-order valence-electron chi connectivity index (χ4n) is 2.84. The summed E-state index contributed by atoms with van der Waals surface area (Å²) in [7, 11) is -2.97. The molecule has 0 aromatic carbocycles. The summed E-state index contributed by atoms with van der Waals surface area (Å²) in [5.74, 6) is 0.738. The second kappa shape index (κ2) is 6.93. The zero-order chi connectivity index (χ0) is 18.2. The van der Waals surface area contributed by atoms with Crippen LogP contribution in [-0.4, -0.2) is 40.9 Å². The molecule has 1 N–H and O–H groups in total. The molecule has 7 nitrogen and oxygen atoms in total. The highest BCUT2D eigenvalue weighted by Gasteiger charge is 2.31. The van der Waals surface area contributed by atoms with E-state index in [1.165, 1.54) is 6.20 Å². The van der Waals surface area contributed by atoms with Crippen LogP contribution in [-0.2, 0) is 9.84 Å². The second-order valence-corrected chi connectivity index (χ2v) is 9.01. The Morgan fingerprint density at radius 1 is 1.40 bits per heavy atom. The summed E-state index contributed by atoms with van der Waals surface area (Å²) >= 11 is 11.8. The Morgan fingerprint density at radius 2 is 2.16 bits per heavy atom. The van der Waals surface area contributed by atoms with Crippen molar-refractivity contribution in [2.45, 2.75) is 26.3 Å².